The van der Waals surface area contributed by atoms with Gasteiger partial charge in [0.2, 0.25) is 0 Å². The van der Waals surface area contributed by atoms with Crippen LogP contribution in [0.1, 0.15) is 29.5 Å². The molecule has 0 spiro atoms. The van der Waals surface area contributed by atoms with E-state index in [2.05, 4.69) is 41.3 Å². The van der Waals surface area contributed by atoms with Crippen LogP contribution in [0.3, 0.4) is 0 Å². The second kappa shape index (κ2) is 6.27. The number of rotatable bonds is 3. The average Bonchev–Trinajstić information content (AvgIpc) is 2.62. The maximum Gasteiger partial charge on any atom is 0.115 e. The maximum absolute atomic E-state index is 10.1. The van der Waals surface area contributed by atoms with E-state index in [1.165, 1.54) is 16.7 Å². The molecule has 2 nitrogen and oxygen atoms in total. The number of halogens is 1. The lowest BCUT2D eigenvalue weighted by atomic mass is 9.60. The Balaban J connectivity index is 1.82. The van der Waals surface area contributed by atoms with Crippen molar-refractivity contribution in [1.82, 2.24) is 4.90 Å². The van der Waals surface area contributed by atoms with E-state index < -0.39 is 0 Å². The van der Waals surface area contributed by atoms with Crippen LogP contribution in [-0.4, -0.2) is 29.1 Å². The van der Waals surface area contributed by atoms with Crippen LogP contribution in [0.4, 0.5) is 0 Å². The lowest BCUT2D eigenvalue weighted by Crippen LogP contribution is -2.53. The van der Waals surface area contributed by atoms with E-state index >= 15 is 0 Å². The molecular weight excluding hydrogens is 318 g/mol. The van der Waals surface area contributed by atoms with Crippen LogP contribution < -0.4 is 0 Å². The Morgan fingerprint density at radius 2 is 2.04 bits per heavy atom. The monoisotopic (exact) mass is 339 g/mol. The van der Waals surface area contributed by atoms with Crippen molar-refractivity contribution in [3.63, 3.8) is 0 Å². The minimum Gasteiger partial charge on any atom is -0.508 e. The summed E-state index contributed by atoms with van der Waals surface area (Å²) in [5.41, 5.74) is 5.69. The summed E-state index contributed by atoms with van der Waals surface area (Å²) in [7, 11) is 0. The second-order valence-corrected chi connectivity index (χ2v) is 7.21. The molecule has 124 valence electrons. The van der Waals surface area contributed by atoms with Gasteiger partial charge in [0, 0.05) is 23.5 Å². The number of phenols is 1. The number of aromatic hydroxyl groups is 1. The number of benzene rings is 2. The van der Waals surface area contributed by atoms with E-state index in [1.54, 1.807) is 5.54 Å². The molecule has 1 aliphatic heterocycles. The highest BCUT2D eigenvalue weighted by Gasteiger charge is 2.46. The van der Waals surface area contributed by atoms with Gasteiger partial charge in [-0.3, -0.25) is 4.90 Å². The molecule has 1 saturated heterocycles. The first kappa shape index (κ1) is 15.7. The van der Waals surface area contributed by atoms with Crippen molar-refractivity contribution in [3.8, 4) is 5.75 Å². The number of piperidine rings is 1. The fourth-order valence-electron chi connectivity index (χ4n) is 4.63. The highest BCUT2D eigenvalue weighted by molar-refractivity contribution is 6.25. The normalized spacial score (nSPS) is 26.5. The first-order chi connectivity index (χ1) is 11.7. The summed E-state index contributed by atoms with van der Waals surface area (Å²) < 4.78 is 0. The van der Waals surface area contributed by atoms with Gasteiger partial charge in [0.1, 0.15) is 5.75 Å². The average molecular weight is 340 g/mol. The molecule has 2 aromatic rings. The van der Waals surface area contributed by atoms with Crippen molar-refractivity contribution < 1.29 is 5.11 Å². The van der Waals surface area contributed by atoms with Gasteiger partial charge in [-0.2, -0.15) is 0 Å². The van der Waals surface area contributed by atoms with Crippen molar-refractivity contribution in [2.75, 3.05) is 13.1 Å². The SMILES string of the molecule is Oc1ccc2c(c1)C1(c3ccccc3)CCN(C/C=C/Cl)C(C2)C1. The molecule has 24 heavy (non-hydrogen) atoms. The summed E-state index contributed by atoms with van der Waals surface area (Å²) in [6, 6.07) is 17.2. The van der Waals surface area contributed by atoms with E-state index in [0.29, 0.717) is 11.8 Å². The fraction of sp³-hybridized carbons (Fsp3) is 0.333. The van der Waals surface area contributed by atoms with Crippen molar-refractivity contribution in [2.24, 2.45) is 0 Å². The van der Waals surface area contributed by atoms with E-state index in [1.807, 2.05) is 18.2 Å². The van der Waals surface area contributed by atoms with Gasteiger partial charge in [-0.15, -0.1) is 0 Å². The summed E-state index contributed by atoms with van der Waals surface area (Å²) >= 11 is 5.74. The summed E-state index contributed by atoms with van der Waals surface area (Å²) in [5, 5.41) is 10.1. The van der Waals surface area contributed by atoms with Crippen LogP contribution >= 0.6 is 11.6 Å². The predicted molar refractivity (Wildman–Crippen MR) is 98.6 cm³/mol. The van der Waals surface area contributed by atoms with E-state index in [0.717, 1.165) is 32.4 Å². The van der Waals surface area contributed by atoms with Crippen LogP contribution in [-0.2, 0) is 11.8 Å². The van der Waals surface area contributed by atoms with Gasteiger partial charge < -0.3 is 5.11 Å². The predicted octanol–water partition coefficient (Wildman–Crippen LogP) is 4.45. The topological polar surface area (TPSA) is 23.5 Å². The summed E-state index contributed by atoms with van der Waals surface area (Å²) in [4.78, 5) is 2.54. The molecule has 0 amide bonds. The van der Waals surface area contributed by atoms with Gasteiger partial charge in [0.05, 0.1) is 0 Å². The lowest BCUT2D eigenvalue weighted by Gasteiger charge is -2.51. The van der Waals surface area contributed by atoms with Gasteiger partial charge in [0.25, 0.3) is 0 Å². The Labute approximate surface area is 148 Å². The van der Waals surface area contributed by atoms with Crippen LogP contribution in [0.25, 0.3) is 0 Å². The number of hydrogen-bond donors (Lipinski definition) is 1. The van der Waals surface area contributed by atoms with Crippen molar-refractivity contribution in [2.45, 2.75) is 30.7 Å². The molecule has 1 heterocycles. The zero-order valence-electron chi connectivity index (χ0n) is 13.7. The molecule has 0 aromatic heterocycles. The van der Waals surface area contributed by atoms with Crippen molar-refractivity contribution in [3.05, 3.63) is 76.8 Å². The molecule has 1 N–H and O–H groups in total. The van der Waals surface area contributed by atoms with Gasteiger partial charge in [-0.25, -0.2) is 0 Å². The maximum atomic E-state index is 10.1. The highest BCUT2D eigenvalue weighted by atomic mass is 35.5. The third-order valence-electron chi connectivity index (χ3n) is 5.75. The molecule has 0 radical (unpaired) electrons. The van der Waals surface area contributed by atoms with Crippen LogP contribution in [0.5, 0.6) is 5.75 Å². The third-order valence-corrected chi connectivity index (χ3v) is 5.92. The Morgan fingerprint density at radius 1 is 1.21 bits per heavy atom. The molecule has 1 aliphatic carbocycles. The van der Waals surface area contributed by atoms with E-state index in [-0.39, 0.29) is 5.41 Å². The number of hydrogen-bond acceptors (Lipinski definition) is 2. The minimum absolute atomic E-state index is 0.0133. The van der Waals surface area contributed by atoms with Gasteiger partial charge in [-0.1, -0.05) is 54.1 Å². The van der Waals surface area contributed by atoms with Crippen LogP contribution in [0.15, 0.2) is 60.1 Å². The second-order valence-electron chi connectivity index (χ2n) is 6.96. The fourth-order valence-corrected chi connectivity index (χ4v) is 4.71. The highest BCUT2D eigenvalue weighted by Crippen LogP contribution is 2.49. The van der Waals surface area contributed by atoms with E-state index in [4.69, 9.17) is 11.6 Å². The van der Waals surface area contributed by atoms with E-state index in [9.17, 15) is 5.11 Å². The number of phenolic OH excluding ortho intramolecular Hbond substituents is 1. The smallest absolute Gasteiger partial charge is 0.115 e. The molecule has 2 bridgehead atoms. The molecular formula is C21H22ClNO. The number of likely N-dealkylation sites (tertiary alicyclic amines) is 1. The lowest BCUT2D eigenvalue weighted by molar-refractivity contribution is 0.108. The zero-order valence-corrected chi connectivity index (χ0v) is 14.4. The van der Waals surface area contributed by atoms with Crippen molar-refractivity contribution in [1.29, 1.82) is 0 Å². The third kappa shape index (κ3) is 2.54. The molecule has 2 unspecified atom stereocenters. The quantitative estimate of drug-likeness (QED) is 0.893. The first-order valence-corrected chi connectivity index (χ1v) is 9.04. The Kier molecular flexibility index (Phi) is 4.11. The summed E-state index contributed by atoms with van der Waals surface area (Å²) in [5.74, 6) is 0.370. The summed E-state index contributed by atoms with van der Waals surface area (Å²) in [6.45, 7) is 1.96. The molecule has 0 saturated carbocycles. The standard InChI is InChI=1S/C21H22ClNO/c22-10-4-11-23-12-9-21(17-5-2-1-3-6-17)15-18(23)13-16-7-8-19(24)14-20(16)21/h1-8,10,14,18,24H,9,11-13,15H2/b10-4+. The van der Waals surface area contributed by atoms with Gasteiger partial charge >= 0.3 is 0 Å². The molecule has 1 fully saturated rings. The number of fused-ring (bicyclic) bond motifs is 4. The van der Waals surface area contributed by atoms with Crippen LogP contribution in [0.2, 0.25) is 0 Å². The largest absolute Gasteiger partial charge is 0.508 e. The summed E-state index contributed by atoms with van der Waals surface area (Å²) in [6.07, 6.45) is 5.24. The Bertz CT molecular complexity index is 758. The van der Waals surface area contributed by atoms with Crippen molar-refractivity contribution >= 4 is 11.6 Å². The Hall–Kier alpha value is -1.77. The van der Waals surface area contributed by atoms with Gasteiger partial charge in [0.15, 0.2) is 0 Å². The van der Waals surface area contributed by atoms with Gasteiger partial charge in [-0.05, 0) is 54.6 Å². The molecule has 4 rings (SSSR count). The molecule has 2 aliphatic rings. The minimum atomic E-state index is 0.0133. The zero-order chi connectivity index (χ0) is 16.6. The first-order valence-electron chi connectivity index (χ1n) is 8.60. The molecule has 3 heteroatoms. The molecule has 2 atom stereocenters. The molecule has 2 aromatic carbocycles. The Morgan fingerprint density at radius 3 is 2.83 bits per heavy atom. The van der Waals surface area contributed by atoms with Crippen LogP contribution in [0, 0.1) is 0 Å². The number of nitrogens with zero attached hydrogens (tertiary/aromatic N) is 1.